The maximum Gasteiger partial charge on any atom is 0.293 e. The summed E-state index contributed by atoms with van der Waals surface area (Å²) in [6, 6.07) is 10.9. The molecule has 1 N–H and O–H groups in total. The fraction of sp³-hybridized carbons (Fsp3) is 0.167. The van der Waals surface area contributed by atoms with Gasteiger partial charge in [-0.2, -0.15) is 0 Å². The molecule has 1 aromatic carbocycles. The van der Waals surface area contributed by atoms with E-state index in [9.17, 15) is 14.4 Å². The van der Waals surface area contributed by atoms with Crippen molar-refractivity contribution in [3.8, 4) is 5.75 Å². The van der Waals surface area contributed by atoms with Crippen LogP contribution in [0.15, 0.2) is 51.2 Å². The molecule has 1 aliphatic heterocycles. The Labute approximate surface area is 172 Å². The molecule has 0 saturated carbocycles. The Morgan fingerprint density at radius 2 is 2.11 bits per heavy atom. The average molecular weight is 467 g/mol. The highest BCUT2D eigenvalue weighted by Crippen LogP contribution is 2.32. The van der Waals surface area contributed by atoms with Crippen LogP contribution in [0.5, 0.6) is 5.75 Å². The van der Waals surface area contributed by atoms with Crippen molar-refractivity contribution in [1.29, 1.82) is 0 Å². The van der Waals surface area contributed by atoms with Gasteiger partial charge in [0.05, 0.1) is 4.91 Å². The minimum absolute atomic E-state index is 0.120. The number of carbonyl (C=O) groups is 3. The van der Waals surface area contributed by atoms with Gasteiger partial charge in [0.2, 0.25) is 0 Å². The summed E-state index contributed by atoms with van der Waals surface area (Å²) in [6.45, 7) is 0.150. The summed E-state index contributed by atoms with van der Waals surface area (Å²) in [5.74, 6) is -0.0849. The molecular formula is C18H15BrN2O4S2. The molecule has 0 spiro atoms. The number of thiophene rings is 1. The first-order chi connectivity index (χ1) is 13.0. The number of amides is 3. The van der Waals surface area contributed by atoms with E-state index in [1.165, 1.54) is 11.3 Å². The number of ether oxygens (including phenoxy) is 1. The van der Waals surface area contributed by atoms with Crippen LogP contribution in [0, 0.1) is 0 Å². The van der Waals surface area contributed by atoms with Gasteiger partial charge in [-0.05, 0) is 47.5 Å². The van der Waals surface area contributed by atoms with Crippen molar-refractivity contribution >= 4 is 62.2 Å². The van der Waals surface area contributed by atoms with Crippen molar-refractivity contribution in [2.24, 2.45) is 0 Å². The molecular weight excluding hydrogens is 452 g/mol. The first-order valence-electron chi connectivity index (χ1n) is 7.97. The van der Waals surface area contributed by atoms with Gasteiger partial charge in [0.15, 0.2) is 6.61 Å². The third-order valence-electron chi connectivity index (χ3n) is 3.51. The molecule has 1 saturated heterocycles. The predicted molar refractivity (Wildman–Crippen MR) is 110 cm³/mol. The zero-order valence-electron chi connectivity index (χ0n) is 14.0. The molecule has 2 heterocycles. The smallest absolute Gasteiger partial charge is 0.293 e. The van der Waals surface area contributed by atoms with Crippen molar-refractivity contribution in [3.05, 3.63) is 56.0 Å². The van der Waals surface area contributed by atoms with Crippen LogP contribution >= 0.6 is 39.0 Å². The summed E-state index contributed by atoms with van der Waals surface area (Å²) in [5, 5.41) is 4.22. The highest BCUT2D eigenvalue weighted by Gasteiger charge is 2.34. The molecule has 0 aliphatic carbocycles. The quantitative estimate of drug-likeness (QED) is 0.628. The van der Waals surface area contributed by atoms with Gasteiger partial charge >= 0.3 is 0 Å². The highest BCUT2D eigenvalue weighted by molar-refractivity contribution is 9.10. The average Bonchev–Trinajstić information content (AvgIpc) is 3.24. The topological polar surface area (TPSA) is 75.7 Å². The summed E-state index contributed by atoms with van der Waals surface area (Å²) in [6.07, 6.45) is 1.71. The second-order valence-corrected chi connectivity index (χ2v) is 8.33. The molecule has 0 bridgehead atoms. The van der Waals surface area contributed by atoms with Crippen LogP contribution in [0.2, 0.25) is 0 Å². The Kier molecular flexibility index (Phi) is 6.70. The van der Waals surface area contributed by atoms with E-state index < -0.39 is 0 Å². The first kappa shape index (κ1) is 19.7. The summed E-state index contributed by atoms with van der Waals surface area (Å²) in [7, 11) is 0. The summed E-state index contributed by atoms with van der Waals surface area (Å²) >= 11 is 5.73. The number of benzene rings is 1. The number of nitrogens with one attached hydrogen (secondary N) is 1. The number of hydrogen-bond donors (Lipinski definition) is 1. The monoisotopic (exact) mass is 466 g/mol. The molecule has 27 heavy (non-hydrogen) atoms. The van der Waals surface area contributed by atoms with Crippen molar-refractivity contribution < 1.29 is 19.1 Å². The Balaban J connectivity index is 1.45. The SMILES string of the molecule is O=C(COc1cccc(Br)c1)NCCN1C(=O)SC(=Cc2cccs2)C1=O. The maximum atomic E-state index is 12.3. The number of hydrogen-bond acceptors (Lipinski definition) is 6. The summed E-state index contributed by atoms with van der Waals surface area (Å²) in [5.41, 5.74) is 0. The highest BCUT2D eigenvalue weighted by atomic mass is 79.9. The lowest BCUT2D eigenvalue weighted by Gasteiger charge is -2.13. The zero-order valence-corrected chi connectivity index (χ0v) is 17.2. The van der Waals surface area contributed by atoms with Gasteiger partial charge in [-0.15, -0.1) is 11.3 Å². The molecule has 3 rings (SSSR count). The van der Waals surface area contributed by atoms with E-state index in [4.69, 9.17) is 4.74 Å². The molecule has 3 amide bonds. The molecule has 140 valence electrons. The van der Waals surface area contributed by atoms with E-state index in [1.54, 1.807) is 24.3 Å². The number of rotatable bonds is 7. The fourth-order valence-corrected chi connectivity index (χ4v) is 4.23. The molecule has 6 nitrogen and oxygen atoms in total. The molecule has 9 heteroatoms. The molecule has 0 radical (unpaired) electrons. The lowest BCUT2D eigenvalue weighted by atomic mass is 10.3. The van der Waals surface area contributed by atoms with Crippen molar-refractivity contribution in [2.45, 2.75) is 0 Å². The Hall–Kier alpha value is -2.10. The van der Waals surface area contributed by atoms with Crippen LogP contribution in [0.25, 0.3) is 6.08 Å². The zero-order chi connectivity index (χ0) is 19.2. The second-order valence-electron chi connectivity index (χ2n) is 5.44. The van der Waals surface area contributed by atoms with Gasteiger partial charge in [-0.3, -0.25) is 19.3 Å². The van der Waals surface area contributed by atoms with E-state index in [1.807, 2.05) is 23.6 Å². The van der Waals surface area contributed by atoms with Crippen molar-refractivity contribution in [3.63, 3.8) is 0 Å². The Bertz CT molecular complexity index is 883. The van der Waals surface area contributed by atoms with Gasteiger partial charge < -0.3 is 10.1 Å². The molecule has 1 aromatic heterocycles. The van der Waals surface area contributed by atoms with Crippen LogP contribution in [-0.4, -0.2) is 41.6 Å². The number of carbonyl (C=O) groups excluding carboxylic acids is 3. The van der Waals surface area contributed by atoms with Gasteiger partial charge in [-0.1, -0.05) is 28.1 Å². The molecule has 2 aromatic rings. The van der Waals surface area contributed by atoms with Gasteiger partial charge in [0, 0.05) is 22.4 Å². The van der Waals surface area contributed by atoms with E-state index in [0.717, 1.165) is 26.0 Å². The van der Waals surface area contributed by atoms with E-state index in [-0.39, 0.29) is 36.7 Å². The lowest BCUT2D eigenvalue weighted by Crippen LogP contribution is -2.38. The van der Waals surface area contributed by atoms with Crippen LogP contribution in [0.4, 0.5) is 4.79 Å². The number of thioether (sulfide) groups is 1. The van der Waals surface area contributed by atoms with Gasteiger partial charge in [0.1, 0.15) is 5.75 Å². The lowest BCUT2D eigenvalue weighted by molar-refractivity contribution is -0.125. The standard InChI is InChI=1S/C18H15BrN2O4S2/c19-12-3-1-4-13(9-12)25-11-16(22)20-6-7-21-17(23)15(27-18(21)24)10-14-5-2-8-26-14/h1-5,8-10H,6-7,11H2,(H,20,22). The van der Waals surface area contributed by atoms with Gasteiger partial charge in [-0.25, -0.2) is 0 Å². The second kappa shape index (κ2) is 9.20. The predicted octanol–water partition coefficient (Wildman–Crippen LogP) is 3.74. The van der Waals surface area contributed by atoms with Crippen LogP contribution < -0.4 is 10.1 Å². The van der Waals surface area contributed by atoms with E-state index in [2.05, 4.69) is 21.2 Å². The maximum absolute atomic E-state index is 12.3. The van der Waals surface area contributed by atoms with Crippen LogP contribution in [0.1, 0.15) is 4.88 Å². The van der Waals surface area contributed by atoms with Crippen LogP contribution in [-0.2, 0) is 9.59 Å². The minimum atomic E-state index is -0.335. The van der Waals surface area contributed by atoms with Gasteiger partial charge in [0.25, 0.3) is 17.1 Å². The van der Waals surface area contributed by atoms with Crippen molar-refractivity contribution in [2.75, 3.05) is 19.7 Å². The number of imide groups is 1. The Morgan fingerprint density at radius 3 is 2.85 bits per heavy atom. The van der Waals surface area contributed by atoms with Crippen LogP contribution in [0.3, 0.4) is 0 Å². The van der Waals surface area contributed by atoms with E-state index in [0.29, 0.717) is 10.7 Å². The Morgan fingerprint density at radius 1 is 1.26 bits per heavy atom. The number of nitrogens with zero attached hydrogens (tertiary/aromatic N) is 1. The molecule has 1 fully saturated rings. The molecule has 1 aliphatic rings. The summed E-state index contributed by atoms with van der Waals surface area (Å²) < 4.78 is 6.24. The first-order valence-corrected chi connectivity index (χ1v) is 10.5. The van der Waals surface area contributed by atoms with E-state index >= 15 is 0 Å². The normalized spacial score (nSPS) is 15.4. The third-order valence-corrected chi connectivity index (χ3v) is 5.73. The number of halogens is 1. The summed E-state index contributed by atoms with van der Waals surface area (Å²) in [4.78, 5) is 38.7. The molecule has 0 atom stereocenters. The third kappa shape index (κ3) is 5.44. The minimum Gasteiger partial charge on any atom is -0.484 e. The molecule has 0 unspecified atom stereocenters. The van der Waals surface area contributed by atoms with Crippen molar-refractivity contribution in [1.82, 2.24) is 10.2 Å². The largest absolute Gasteiger partial charge is 0.484 e. The fourth-order valence-electron chi connectivity index (χ4n) is 2.26.